The van der Waals surface area contributed by atoms with Gasteiger partial charge in [-0.2, -0.15) is 5.10 Å². The van der Waals surface area contributed by atoms with Crippen LogP contribution in [0.3, 0.4) is 0 Å². The van der Waals surface area contributed by atoms with Crippen LogP contribution in [0.25, 0.3) is 5.69 Å². The van der Waals surface area contributed by atoms with Crippen LogP contribution in [0.2, 0.25) is 0 Å². The fourth-order valence-electron chi connectivity index (χ4n) is 4.55. The summed E-state index contributed by atoms with van der Waals surface area (Å²) >= 11 is 0. The molecule has 212 valence electrons. The van der Waals surface area contributed by atoms with Crippen LogP contribution >= 0.6 is 0 Å². The van der Waals surface area contributed by atoms with E-state index >= 15 is 0 Å². The molecule has 2 atom stereocenters. The van der Waals surface area contributed by atoms with Crippen molar-refractivity contribution < 1.29 is 33.7 Å². The van der Waals surface area contributed by atoms with Gasteiger partial charge in [0.15, 0.2) is 5.69 Å². The van der Waals surface area contributed by atoms with E-state index in [0.29, 0.717) is 28.1 Å². The molecule has 1 aromatic heterocycles. The summed E-state index contributed by atoms with van der Waals surface area (Å²) in [6, 6.07) is 10.5. The molecule has 3 rings (SSSR count). The first-order chi connectivity index (χ1) is 18.4. The third kappa shape index (κ3) is 8.68. The van der Waals surface area contributed by atoms with Crippen LogP contribution in [0.1, 0.15) is 71.9 Å². The number of aliphatic hydroxyl groups is 2. The van der Waals surface area contributed by atoms with E-state index in [0.717, 1.165) is 0 Å². The number of benzene rings is 2. The first-order valence-electron chi connectivity index (χ1n) is 12.8. The molecule has 0 radical (unpaired) electrons. The first-order valence-corrected chi connectivity index (χ1v) is 12.8. The van der Waals surface area contributed by atoms with E-state index < -0.39 is 30.4 Å². The van der Waals surface area contributed by atoms with Gasteiger partial charge in [-0.1, -0.05) is 26.0 Å². The van der Waals surface area contributed by atoms with Crippen LogP contribution < -0.4 is 0 Å². The van der Waals surface area contributed by atoms with Gasteiger partial charge in [0.2, 0.25) is 0 Å². The number of nitrogens with zero attached hydrogens (tertiary/aromatic N) is 3. The number of halogens is 2. The van der Waals surface area contributed by atoms with Crippen molar-refractivity contribution in [2.75, 3.05) is 7.05 Å². The molecule has 0 saturated heterocycles. The Bertz CT molecular complexity index is 1310. The van der Waals surface area contributed by atoms with Crippen molar-refractivity contribution in [1.29, 1.82) is 0 Å². The molecule has 3 aromatic rings. The predicted molar refractivity (Wildman–Crippen MR) is 149 cm³/mol. The van der Waals surface area contributed by atoms with Gasteiger partial charge in [-0.05, 0) is 73.6 Å². The number of aromatic nitrogens is 2. The average Bonchev–Trinajstić information content (AvgIpc) is 3.24. The maximum atomic E-state index is 14.1. The molecule has 40 heavy (non-hydrogen) atoms. The predicted octanol–water partition coefficient (Wildman–Crippen LogP) is 3.73. The zero-order chi connectivity index (χ0) is 28.9. The molecule has 0 aliphatic heterocycles. The number of aliphatic carboxylic acids is 1. The molecular weight excluding hydrogens is 531 g/mol. The Balaban J connectivity index is 0.00000560. The molecular formula is C29H36F2N3NaO5. The van der Waals surface area contributed by atoms with Crippen molar-refractivity contribution >= 4 is 41.4 Å². The number of rotatable bonds is 12. The van der Waals surface area contributed by atoms with E-state index in [2.05, 4.69) is 5.10 Å². The Morgan fingerprint density at radius 1 is 1.05 bits per heavy atom. The number of aliphatic hydroxyl groups excluding tert-OH is 2. The minimum atomic E-state index is -1.19. The summed E-state index contributed by atoms with van der Waals surface area (Å²) in [5, 5.41) is 33.9. The number of hydrogen-bond acceptors (Lipinski definition) is 5. The number of carboxylic acids is 1. The molecule has 0 saturated carbocycles. The zero-order valence-electron chi connectivity index (χ0n) is 22.6. The molecule has 2 aromatic carbocycles. The summed E-state index contributed by atoms with van der Waals surface area (Å²) in [4.78, 5) is 25.9. The summed E-state index contributed by atoms with van der Waals surface area (Å²) in [5.74, 6) is -2.47. The van der Waals surface area contributed by atoms with E-state index in [1.54, 1.807) is 30.8 Å². The monoisotopic (exact) mass is 567 g/mol. The molecule has 1 heterocycles. The van der Waals surface area contributed by atoms with Gasteiger partial charge < -0.3 is 20.2 Å². The van der Waals surface area contributed by atoms with E-state index in [9.17, 15) is 28.6 Å². The number of carbonyl (C=O) groups is 2. The van der Waals surface area contributed by atoms with Gasteiger partial charge in [0.25, 0.3) is 5.91 Å². The van der Waals surface area contributed by atoms with Crippen molar-refractivity contribution in [3.63, 3.8) is 0 Å². The van der Waals surface area contributed by atoms with Crippen molar-refractivity contribution in [2.24, 2.45) is 0 Å². The Hall–Kier alpha value is -2.63. The Labute approximate surface area is 254 Å². The summed E-state index contributed by atoms with van der Waals surface area (Å²) in [7, 11) is 1.61. The molecule has 0 fully saturated rings. The number of amides is 1. The van der Waals surface area contributed by atoms with Crippen LogP contribution in [0.4, 0.5) is 8.78 Å². The Kier molecular flexibility index (Phi) is 12.5. The van der Waals surface area contributed by atoms with Crippen LogP contribution in [0.15, 0.2) is 42.5 Å². The van der Waals surface area contributed by atoms with E-state index in [1.165, 1.54) is 35.2 Å². The van der Waals surface area contributed by atoms with Gasteiger partial charge >= 0.3 is 35.5 Å². The van der Waals surface area contributed by atoms with Gasteiger partial charge in [0.05, 0.1) is 24.3 Å². The van der Waals surface area contributed by atoms with Gasteiger partial charge in [-0.15, -0.1) is 0 Å². The fraction of sp³-hybridized carbons (Fsp3) is 0.414. The van der Waals surface area contributed by atoms with Crippen LogP contribution in [0, 0.1) is 18.6 Å². The minimum absolute atomic E-state index is 0. The van der Waals surface area contributed by atoms with Crippen LogP contribution in [-0.4, -0.2) is 90.7 Å². The number of carboxylic acid groups (broad SMARTS) is 1. The third-order valence-electron chi connectivity index (χ3n) is 6.54. The molecule has 8 nitrogen and oxygen atoms in total. The molecule has 11 heteroatoms. The molecule has 0 bridgehead atoms. The van der Waals surface area contributed by atoms with Crippen LogP contribution in [0.5, 0.6) is 0 Å². The van der Waals surface area contributed by atoms with E-state index in [1.807, 2.05) is 13.8 Å². The Morgan fingerprint density at radius 2 is 1.70 bits per heavy atom. The van der Waals surface area contributed by atoms with Gasteiger partial charge in [0, 0.05) is 24.8 Å². The number of hydrogen-bond donors (Lipinski definition) is 3. The number of aryl methyl sites for hydroxylation is 1. The second-order valence-corrected chi connectivity index (χ2v) is 10.2. The molecule has 3 N–H and O–H groups in total. The zero-order valence-corrected chi connectivity index (χ0v) is 22.6. The summed E-state index contributed by atoms with van der Waals surface area (Å²) in [6.45, 7) is 5.65. The quantitative estimate of drug-likeness (QED) is 0.288. The maximum absolute atomic E-state index is 14.1. The summed E-state index contributed by atoms with van der Waals surface area (Å²) in [6.07, 6.45) is -2.34. The van der Waals surface area contributed by atoms with Gasteiger partial charge in [-0.25, -0.2) is 13.5 Å². The molecule has 0 aliphatic carbocycles. The second kappa shape index (κ2) is 14.8. The topological polar surface area (TPSA) is 116 Å². The van der Waals surface area contributed by atoms with Gasteiger partial charge in [0.1, 0.15) is 11.6 Å². The van der Waals surface area contributed by atoms with Crippen LogP contribution in [-0.2, 0) is 17.8 Å². The average molecular weight is 568 g/mol. The molecule has 0 spiro atoms. The SMILES string of the molecule is Cc1ccc(CN(C)C(=O)c2nn(-c3ccc(F)cc3)c(CCC(O)CC(O)CC(=O)O)c2C(C)C)cc1F.[NaH]. The molecule has 2 unspecified atom stereocenters. The summed E-state index contributed by atoms with van der Waals surface area (Å²) in [5.41, 5.74) is 3.15. The van der Waals surface area contributed by atoms with E-state index in [4.69, 9.17) is 5.11 Å². The first kappa shape index (κ1) is 33.6. The third-order valence-corrected chi connectivity index (χ3v) is 6.54. The van der Waals surface area contributed by atoms with Crippen molar-refractivity contribution in [2.45, 2.75) is 71.1 Å². The second-order valence-electron chi connectivity index (χ2n) is 10.2. The van der Waals surface area contributed by atoms with Crippen molar-refractivity contribution in [1.82, 2.24) is 14.7 Å². The Morgan fingerprint density at radius 3 is 2.27 bits per heavy atom. The van der Waals surface area contributed by atoms with Crippen molar-refractivity contribution in [3.8, 4) is 5.69 Å². The number of carbonyl (C=O) groups excluding carboxylic acids is 1. The fourth-order valence-corrected chi connectivity index (χ4v) is 4.55. The van der Waals surface area contributed by atoms with Crippen molar-refractivity contribution in [3.05, 3.63) is 82.2 Å². The van der Waals surface area contributed by atoms with Gasteiger partial charge in [-0.3, -0.25) is 9.59 Å². The standard InChI is InChI=1S/C29H35F2N3O5.Na.H/c1-17(2)27-25(12-11-22(35)14-23(36)15-26(37)38)34(21-9-7-20(30)8-10-21)32-28(27)29(39)33(4)16-19-6-5-18(3)24(31)13-19;;/h5-10,13,17,22-23,35-36H,11-12,14-16H2,1-4H3,(H,37,38);;. The summed E-state index contributed by atoms with van der Waals surface area (Å²) < 4.78 is 29.3. The van der Waals surface area contributed by atoms with E-state index in [-0.39, 0.29) is 78.7 Å². The molecule has 1 amide bonds. The molecule has 0 aliphatic rings. The normalized spacial score (nSPS) is 12.6.